The second kappa shape index (κ2) is 3.17. The Balaban J connectivity index is 3.23. The van der Waals surface area contributed by atoms with Crippen LogP contribution in [0.5, 0.6) is 5.88 Å². The Labute approximate surface area is 67.6 Å². The summed E-state index contributed by atoms with van der Waals surface area (Å²) < 4.78 is 17.4. The number of pyridine rings is 1. The monoisotopic (exact) mass is 171 g/mol. The maximum absolute atomic E-state index is 13.0. The summed E-state index contributed by atoms with van der Waals surface area (Å²) in [5.41, 5.74) is -0.443. The first-order chi connectivity index (χ1) is 5.66. The Morgan fingerprint density at radius 3 is 2.92 bits per heavy atom. The maximum atomic E-state index is 13.0. The van der Waals surface area contributed by atoms with Gasteiger partial charge in [0.2, 0.25) is 0 Å². The molecule has 12 heavy (non-hydrogen) atoms. The molecule has 1 heterocycles. The quantitative estimate of drug-likeness (QED) is 0.718. The number of nitrogens with zero attached hydrogens (tertiary/aromatic N) is 1. The highest BCUT2D eigenvalue weighted by molar-refractivity contribution is 5.88. The lowest BCUT2D eigenvalue weighted by Crippen LogP contribution is -2.03. The van der Waals surface area contributed by atoms with E-state index in [2.05, 4.69) is 9.72 Å². The van der Waals surface area contributed by atoms with Crippen LogP contribution < -0.4 is 4.74 Å². The Bertz CT molecular complexity index is 314. The van der Waals surface area contributed by atoms with Gasteiger partial charge < -0.3 is 9.84 Å². The highest BCUT2D eigenvalue weighted by Gasteiger charge is 2.14. The first-order valence-electron chi connectivity index (χ1n) is 3.08. The van der Waals surface area contributed by atoms with Gasteiger partial charge in [-0.15, -0.1) is 0 Å². The van der Waals surface area contributed by atoms with Crippen molar-refractivity contribution in [2.24, 2.45) is 0 Å². The van der Waals surface area contributed by atoms with Crippen molar-refractivity contribution in [3.63, 3.8) is 0 Å². The molecule has 5 heteroatoms. The highest BCUT2D eigenvalue weighted by Crippen LogP contribution is 2.16. The molecule has 1 aromatic heterocycles. The fourth-order valence-corrected chi connectivity index (χ4v) is 0.732. The van der Waals surface area contributed by atoms with Gasteiger partial charge in [0, 0.05) is 6.20 Å². The summed E-state index contributed by atoms with van der Waals surface area (Å²) in [6, 6.07) is 1.07. The largest absolute Gasteiger partial charge is 0.479 e. The molecule has 0 amide bonds. The number of carbonyl (C=O) groups is 1. The van der Waals surface area contributed by atoms with Gasteiger partial charge in [0.25, 0.3) is 5.88 Å². The molecule has 0 aromatic carbocycles. The fraction of sp³-hybridized carbons (Fsp3) is 0.143. The summed E-state index contributed by atoms with van der Waals surface area (Å²) in [6.07, 6.45) is 1.17. The van der Waals surface area contributed by atoms with E-state index in [9.17, 15) is 9.18 Å². The summed E-state index contributed by atoms with van der Waals surface area (Å²) in [5, 5.41) is 8.46. The first-order valence-corrected chi connectivity index (χ1v) is 3.08. The van der Waals surface area contributed by atoms with Crippen molar-refractivity contribution >= 4 is 5.97 Å². The number of carboxylic acid groups (broad SMARTS) is 1. The molecule has 1 rings (SSSR count). The van der Waals surface area contributed by atoms with Gasteiger partial charge in [0.05, 0.1) is 7.11 Å². The van der Waals surface area contributed by atoms with Gasteiger partial charge in [0.15, 0.2) is 5.82 Å². The van der Waals surface area contributed by atoms with Crippen molar-refractivity contribution in [1.82, 2.24) is 4.98 Å². The number of ether oxygens (including phenoxy) is 1. The van der Waals surface area contributed by atoms with Crippen molar-refractivity contribution in [1.29, 1.82) is 0 Å². The van der Waals surface area contributed by atoms with E-state index < -0.39 is 17.3 Å². The molecule has 1 N–H and O–H groups in total. The summed E-state index contributed by atoms with van der Waals surface area (Å²) in [5.74, 6) is -2.60. The number of hydrogen-bond acceptors (Lipinski definition) is 3. The average Bonchev–Trinajstić information content (AvgIpc) is 2.04. The highest BCUT2D eigenvalue weighted by atomic mass is 19.1. The van der Waals surface area contributed by atoms with Gasteiger partial charge in [-0.3, -0.25) is 0 Å². The maximum Gasteiger partial charge on any atom is 0.338 e. The van der Waals surface area contributed by atoms with Gasteiger partial charge >= 0.3 is 5.97 Å². The standard InChI is InChI=1S/C7H6FNO3/c1-12-6-5(8)4(7(10)11)2-3-9-6/h2-3H,1H3,(H,10,11). The molecule has 0 fully saturated rings. The number of carboxylic acids is 1. The third-order valence-electron chi connectivity index (χ3n) is 1.28. The molecule has 0 saturated carbocycles. The summed E-state index contributed by atoms with van der Waals surface area (Å²) >= 11 is 0. The van der Waals surface area contributed by atoms with E-state index in [0.717, 1.165) is 6.07 Å². The molecule has 64 valence electrons. The molecular weight excluding hydrogens is 165 g/mol. The van der Waals surface area contributed by atoms with Crippen LogP contribution in [0.4, 0.5) is 4.39 Å². The lowest BCUT2D eigenvalue weighted by atomic mass is 10.2. The fourth-order valence-electron chi connectivity index (χ4n) is 0.732. The zero-order chi connectivity index (χ0) is 9.14. The van der Waals surface area contributed by atoms with Crippen LogP contribution in [-0.4, -0.2) is 23.2 Å². The number of hydrogen-bond donors (Lipinski definition) is 1. The van der Waals surface area contributed by atoms with E-state index in [-0.39, 0.29) is 5.88 Å². The van der Waals surface area contributed by atoms with Crippen LogP contribution in [0.1, 0.15) is 10.4 Å². The predicted molar refractivity (Wildman–Crippen MR) is 37.7 cm³/mol. The van der Waals surface area contributed by atoms with E-state index in [1.807, 2.05) is 0 Å². The van der Waals surface area contributed by atoms with Crippen LogP contribution in [0.15, 0.2) is 12.3 Å². The lowest BCUT2D eigenvalue weighted by molar-refractivity contribution is 0.0690. The van der Waals surface area contributed by atoms with Crippen LogP contribution in [-0.2, 0) is 0 Å². The number of methoxy groups -OCH3 is 1. The number of aromatic carboxylic acids is 1. The number of halogens is 1. The van der Waals surface area contributed by atoms with Crippen molar-refractivity contribution in [3.8, 4) is 5.88 Å². The Hall–Kier alpha value is -1.65. The van der Waals surface area contributed by atoms with Crippen LogP contribution in [0.3, 0.4) is 0 Å². The summed E-state index contributed by atoms with van der Waals surface area (Å²) in [6.45, 7) is 0. The molecule has 0 saturated heterocycles. The van der Waals surface area contributed by atoms with E-state index in [4.69, 9.17) is 5.11 Å². The van der Waals surface area contributed by atoms with Gasteiger partial charge in [-0.2, -0.15) is 0 Å². The van der Waals surface area contributed by atoms with Crippen molar-refractivity contribution in [2.45, 2.75) is 0 Å². The first kappa shape index (κ1) is 8.45. The van der Waals surface area contributed by atoms with Crippen LogP contribution in [0.25, 0.3) is 0 Å². The molecule has 4 nitrogen and oxygen atoms in total. The zero-order valence-electron chi connectivity index (χ0n) is 6.24. The molecule has 0 spiro atoms. The molecule has 0 radical (unpaired) electrons. The molecule has 0 aliphatic carbocycles. The Morgan fingerprint density at radius 2 is 2.42 bits per heavy atom. The Morgan fingerprint density at radius 1 is 1.75 bits per heavy atom. The normalized spacial score (nSPS) is 9.50. The molecule has 1 aromatic rings. The van der Waals surface area contributed by atoms with Gasteiger partial charge in [-0.25, -0.2) is 14.2 Å². The van der Waals surface area contributed by atoms with Crippen LogP contribution in [0, 0.1) is 5.82 Å². The minimum absolute atomic E-state index is 0.310. The smallest absolute Gasteiger partial charge is 0.338 e. The third kappa shape index (κ3) is 1.34. The van der Waals surface area contributed by atoms with Crippen molar-refractivity contribution < 1.29 is 19.0 Å². The molecule has 0 bridgehead atoms. The molecule has 0 aliphatic rings. The topological polar surface area (TPSA) is 59.4 Å². The molecular formula is C7H6FNO3. The molecule has 0 atom stereocenters. The molecule has 0 unspecified atom stereocenters. The Kier molecular flexibility index (Phi) is 2.23. The predicted octanol–water partition coefficient (Wildman–Crippen LogP) is 0.927. The number of aromatic nitrogens is 1. The number of rotatable bonds is 2. The average molecular weight is 171 g/mol. The van der Waals surface area contributed by atoms with Crippen molar-refractivity contribution in [2.75, 3.05) is 7.11 Å². The van der Waals surface area contributed by atoms with Crippen molar-refractivity contribution in [3.05, 3.63) is 23.6 Å². The second-order valence-electron chi connectivity index (χ2n) is 1.99. The minimum Gasteiger partial charge on any atom is -0.479 e. The SMILES string of the molecule is COc1nccc(C(=O)O)c1F. The summed E-state index contributed by atoms with van der Waals surface area (Å²) in [4.78, 5) is 13.8. The van der Waals surface area contributed by atoms with Gasteiger partial charge in [-0.05, 0) is 6.07 Å². The van der Waals surface area contributed by atoms with E-state index in [1.165, 1.54) is 13.3 Å². The second-order valence-corrected chi connectivity index (χ2v) is 1.99. The van der Waals surface area contributed by atoms with E-state index in [1.54, 1.807) is 0 Å². The van der Waals surface area contributed by atoms with E-state index in [0.29, 0.717) is 0 Å². The molecule has 0 aliphatic heterocycles. The summed E-state index contributed by atoms with van der Waals surface area (Å²) in [7, 11) is 1.22. The lowest BCUT2D eigenvalue weighted by Gasteiger charge is -2.01. The van der Waals surface area contributed by atoms with Gasteiger partial charge in [0.1, 0.15) is 5.56 Å². The third-order valence-corrected chi connectivity index (χ3v) is 1.28. The zero-order valence-corrected chi connectivity index (χ0v) is 6.24. The van der Waals surface area contributed by atoms with E-state index >= 15 is 0 Å². The van der Waals surface area contributed by atoms with Crippen LogP contribution in [0.2, 0.25) is 0 Å². The van der Waals surface area contributed by atoms with Gasteiger partial charge in [-0.1, -0.05) is 0 Å². The minimum atomic E-state index is -1.34. The van der Waals surface area contributed by atoms with Crippen LogP contribution >= 0.6 is 0 Å².